The van der Waals surface area contributed by atoms with Gasteiger partial charge in [0.05, 0.1) is 5.69 Å². The van der Waals surface area contributed by atoms with E-state index in [4.69, 9.17) is 5.10 Å². The van der Waals surface area contributed by atoms with Crippen LogP contribution in [-0.2, 0) is 4.79 Å². The first-order valence-corrected chi connectivity index (χ1v) is 11.8. The fraction of sp³-hybridized carbons (Fsp3) is 0.407. The first kappa shape index (κ1) is 22.3. The molecule has 176 valence electrons. The zero-order valence-electron chi connectivity index (χ0n) is 21.0. The molecule has 34 heavy (non-hydrogen) atoms. The maximum Gasteiger partial charge on any atom is 0.252 e. The summed E-state index contributed by atoms with van der Waals surface area (Å²) in [5.41, 5.74) is 7.65. The Kier molecular flexibility index (Phi) is 5.11. The topological polar surface area (TPSA) is 75.9 Å². The summed E-state index contributed by atoms with van der Waals surface area (Å²) in [4.78, 5) is 24.9. The Morgan fingerprint density at radius 1 is 1.03 bits per heavy atom. The first-order chi connectivity index (χ1) is 16.0. The Labute approximate surface area is 200 Å². The lowest BCUT2D eigenvalue weighted by Crippen LogP contribution is -2.34. The molecule has 2 aromatic heterocycles. The molecule has 7 heteroatoms. The van der Waals surface area contributed by atoms with Gasteiger partial charge in [-0.2, -0.15) is 9.78 Å². The average molecular weight is 457 g/mol. The van der Waals surface area contributed by atoms with Crippen molar-refractivity contribution in [1.82, 2.24) is 19.7 Å². The summed E-state index contributed by atoms with van der Waals surface area (Å²) in [7, 11) is 4.06. The number of rotatable bonds is 3. The molecule has 0 radical (unpaired) electrons. The van der Waals surface area contributed by atoms with E-state index in [0.29, 0.717) is 12.4 Å². The molecule has 1 aromatic carbocycles. The molecule has 1 aliphatic heterocycles. The summed E-state index contributed by atoms with van der Waals surface area (Å²) < 4.78 is 1.81. The Morgan fingerprint density at radius 2 is 1.68 bits per heavy atom. The van der Waals surface area contributed by atoms with Crippen molar-refractivity contribution in [2.75, 3.05) is 24.3 Å². The van der Waals surface area contributed by atoms with E-state index in [1.807, 2.05) is 45.6 Å². The molecule has 3 heterocycles. The maximum atomic E-state index is 13.5. The van der Waals surface area contributed by atoms with Gasteiger partial charge in [-0.1, -0.05) is 26.0 Å². The highest BCUT2D eigenvalue weighted by atomic mass is 16.1. The van der Waals surface area contributed by atoms with Crippen LogP contribution in [0.15, 0.2) is 41.6 Å². The third kappa shape index (κ3) is 3.69. The molecule has 0 unspecified atom stereocenters. The molecule has 1 atom stereocenters. The molecule has 0 amide bonds. The smallest absolute Gasteiger partial charge is 0.252 e. The summed E-state index contributed by atoms with van der Waals surface area (Å²) in [6, 6.07) is 10.5. The molecule has 1 N–H and O–H groups in total. The second kappa shape index (κ2) is 7.79. The Balaban J connectivity index is 1.73. The normalized spacial score (nSPS) is 18.9. The number of hydrogen-bond donors (Lipinski definition) is 1. The van der Waals surface area contributed by atoms with E-state index < -0.39 is 0 Å². The number of nitrogens with zero attached hydrogens (tertiary/aromatic N) is 5. The predicted octanol–water partition coefficient (Wildman–Crippen LogP) is 4.85. The van der Waals surface area contributed by atoms with Crippen LogP contribution < -0.4 is 10.2 Å². The molecule has 0 fully saturated rings. The van der Waals surface area contributed by atoms with E-state index in [1.165, 1.54) is 0 Å². The highest BCUT2D eigenvalue weighted by molar-refractivity contribution is 6.01. The minimum absolute atomic E-state index is 0.101. The molecule has 2 aliphatic rings. The largest absolute Gasteiger partial charge is 0.378 e. The van der Waals surface area contributed by atoms with Gasteiger partial charge in [-0.3, -0.25) is 4.79 Å². The SMILES string of the molecule is Cc1cc(C)nc(-n2nc(C)c3c2NC2=C(C(=O)CC(C)(C)C2)[C@H]3c2ccc(N(C)C)cc2)n1. The van der Waals surface area contributed by atoms with E-state index >= 15 is 0 Å². The highest BCUT2D eigenvalue weighted by Gasteiger charge is 2.43. The van der Waals surface area contributed by atoms with Gasteiger partial charge >= 0.3 is 0 Å². The van der Waals surface area contributed by atoms with Gasteiger partial charge in [-0.15, -0.1) is 0 Å². The van der Waals surface area contributed by atoms with E-state index in [0.717, 1.165) is 57.4 Å². The van der Waals surface area contributed by atoms with Crippen molar-refractivity contribution in [1.29, 1.82) is 0 Å². The van der Waals surface area contributed by atoms with Gasteiger partial charge < -0.3 is 10.2 Å². The molecule has 1 aliphatic carbocycles. The number of allylic oxidation sites excluding steroid dienone is 2. The van der Waals surface area contributed by atoms with Gasteiger partial charge in [0.25, 0.3) is 5.95 Å². The van der Waals surface area contributed by atoms with Crippen LogP contribution in [0.4, 0.5) is 11.5 Å². The van der Waals surface area contributed by atoms with Gasteiger partial charge in [0, 0.05) is 60.3 Å². The maximum absolute atomic E-state index is 13.5. The average Bonchev–Trinajstić information content (AvgIpc) is 3.07. The van der Waals surface area contributed by atoms with Crippen molar-refractivity contribution >= 4 is 17.3 Å². The minimum atomic E-state index is -0.175. The highest BCUT2D eigenvalue weighted by Crippen LogP contribution is 2.50. The van der Waals surface area contributed by atoms with Gasteiger partial charge in [-0.05, 0) is 56.4 Å². The Morgan fingerprint density at radius 3 is 2.29 bits per heavy atom. The second-order valence-corrected chi connectivity index (χ2v) is 10.6. The third-order valence-corrected chi connectivity index (χ3v) is 6.78. The second-order valence-electron chi connectivity index (χ2n) is 10.6. The monoisotopic (exact) mass is 456 g/mol. The van der Waals surface area contributed by atoms with Crippen molar-refractivity contribution in [3.8, 4) is 5.95 Å². The molecule has 0 spiro atoms. The van der Waals surface area contributed by atoms with E-state index in [9.17, 15) is 4.79 Å². The number of nitrogens with one attached hydrogen (secondary N) is 1. The number of aromatic nitrogens is 4. The molecule has 0 bridgehead atoms. The predicted molar refractivity (Wildman–Crippen MR) is 135 cm³/mol. The fourth-order valence-electron chi connectivity index (χ4n) is 5.32. The van der Waals surface area contributed by atoms with Gasteiger partial charge in [0.2, 0.25) is 0 Å². The van der Waals surface area contributed by atoms with Gasteiger partial charge in [-0.25, -0.2) is 9.97 Å². The lowest BCUT2D eigenvalue weighted by atomic mass is 9.69. The number of hydrogen-bond acceptors (Lipinski definition) is 6. The van der Waals surface area contributed by atoms with Crippen molar-refractivity contribution in [3.63, 3.8) is 0 Å². The Bertz CT molecular complexity index is 1310. The molecule has 3 aromatic rings. The molecular formula is C27H32N6O. The number of carbonyl (C=O) groups excluding carboxylic acids is 1. The zero-order chi connectivity index (χ0) is 24.4. The quantitative estimate of drug-likeness (QED) is 0.607. The summed E-state index contributed by atoms with van der Waals surface area (Å²) in [6.07, 6.45) is 1.35. The van der Waals surface area contributed by atoms with E-state index in [2.05, 4.69) is 58.3 Å². The molecule has 5 rings (SSSR count). The van der Waals surface area contributed by atoms with Crippen LogP contribution in [-0.4, -0.2) is 39.6 Å². The first-order valence-electron chi connectivity index (χ1n) is 11.8. The number of carbonyl (C=O) groups is 1. The summed E-state index contributed by atoms with van der Waals surface area (Å²) in [5, 5.41) is 8.48. The van der Waals surface area contributed by atoms with Crippen molar-refractivity contribution < 1.29 is 4.79 Å². The Hall–Kier alpha value is -3.48. The molecule has 0 saturated carbocycles. The van der Waals surface area contributed by atoms with Crippen LogP contribution in [0.2, 0.25) is 0 Å². The third-order valence-electron chi connectivity index (χ3n) is 6.78. The van der Waals surface area contributed by atoms with Crippen molar-refractivity contribution in [2.45, 2.75) is 53.4 Å². The van der Waals surface area contributed by atoms with Crippen LogP contribution >= 0.6 is 0 Å². The fourth-order valence-corrected chi connectivity index (χ4v) is 5.32. The van der Waals surface area contributed by atoms with Crippen LogP contribution in [0.3, 0.4) is 0 Å². The van der Waals surface area contributed by atoms with Gasteiger partial charge in [0.1, 0.15) is 5.82 Å². The summed E-state index contributed by atoms with van der Waals surface area (Å²) in [5.74, 6) is 1.43. The minimum Gasteiger partial charge on any atom is -0.378 e. The van der Waals surface area contributed by atoms with E-state index in [-0.39, 0.29) is 17.1 Å². The standard InChI is InChI=1S/C27H32N6O/c1-15-12-16(2)29-26(28-15)33-25-22(17(3)31-33)23(18-8-10-19(11-9-18)32(6)7)24-20(30-25)13-27(4,5)14-21(24)34/h8-12,23,30H,13-14H2,1-7H3/t23-/m0/s1. The van der Waals surface area contributed by atoms with Crippen molar-refractivity contribution in [3.05, 3.63) is 69.8 Å². The lowest BCUT2D eigenvalue weighted by molar-refractivity contribution is -0.118. The molecular weight excluding hydrogens is 424 g/mol. The molecule has 7 nitrogen and oxygen atoms in total. The van der Waals surface area contributed by atoms with E-state index in [1.54, 1.807) is 0 Å². The summed E-state index contributed by atoms with van der Waals surface area (Å²) in [6.45, 7) is 10.2. The lowest BCUT2D eigenvalue weighted by Gasteiger charge is -2.38. The van der Waals surface area contributed by atoms with Crippen LogP contribution in [0, 0.1) is 26.2 Å². The number of aryl methyl sites for hydroxylation is 3. The van der Waals surface area contributed by atoms with Crippen LogP contribution in [0.5, 0.6) is 0 Å². The zero-order valence-corrected chi connectivity index (χ0v) is 21.0. The van der Waals surface area contributed by atoms with Crippen LogP contribution in [0.1, 0.15) is 60.8 Å². The van der Waals surface area contributed by atoms with Crippen molar-refractivity contribution in [2.24, 2.45) is 5.41 Å². The number of ketones is 1. The summed E-state index contributed by atoms with van der Waals surface area (Å²) >= 11 is 0. The number of fused-ring (bicyclic) bond motifs is 1. The number of benzene rings is 1. The number of Topliss-reactive ketones (excluding diaryl/α,β-unsaturated/α-hetero) is 1. The number of anilines is 2. The molecule has 0 saturated heterocycles. The van der Waals surface area contributed by atoms with Crippen LogP contribution in [0.25, 0.3) is 5.95 Å². The van der Waals surface area contributed by atoms with Gasteiger partial charge in [0.15, 0.2) is 5.78 Å².